The van der Waals surface area contributed by atoms with Crippen LogP contribution in [-0.4, -0.2) is 59.1 Å². The summed E-state index contributed by atoms with van der Waals surface area (Å²) in [5, 5.41) is 4.01. The van der Waals surface area contributed by atoms with Gasteiger partial charge in [-0.25, -0.2) is 4.79 Å². The van der Waals surface area contributed by atoms with Crippen LogP contribution in [0.15, 0.2) is 24.3 Å². The van der Waals surface area contributed by atoms with Crippen LogP contribution >= 0.6 is 12.2 Å². The molecule has 6 nitrogen and oxygen atoms in total. The summed E-state index contributed by atoms with van der Waals surface area (Å²) in [6.07, 6.45) is 2.89. The lowest BCUT2D eigenvalue weighted by Gasteiger charge is -2.40. The van der Waals surface area contributed by atoms with Gasteiger partial charge in [-0.1, -0.05) is 13.8 Å². The van der Waals surface area contributed by atoms with E-state index in [-0.39, 0.29) is 11.9 Å². The lowest BCUT2D eigenvalue weighted by Crippen LogP contribution is -2.50. The zero-order valence-corrected chi connectivity index (χ0v) is 18.8. The lowest BCUT2D eigenvalue weighted by atomic mass is 10.0. The smallest absolute Gasteiger partial charge is 0.338 e. The molecule has 1 aliphatic heterocycles. The van der Waals surface area contributed by atoms with Crippen LogP contribution in [0.3, 0.4) is 0 Å². The maximum atomic E-state index is 11.8. The molecule has 29 heavy (non-hydrogen) atoms. The molecule has 7 heteroatoms. The maximum absolute atomic E-state index is 11.8. The van der Waals surface area contributed by atoms with Crippen molar-refractivity contribution in [2.45, 2.75) is 53.0 Å². The third kappa shape index (κ3) is 6.99. The second-order valence-electron chi connectivity index (χ2n) is 7.84. The van der Waals surface area contributed by atoms with E-state index in [1.807, 2.05) is 17.0 Å². The minimum atomic E-state index is -0.322. The van der Waals surface area contributed by atoms with Crippen molar-refractivity contribution in [3.63, 3.8) is 0 Å². The summed E-state index contributed by atoms with van der Waals surface area (Å²) in [5.74, 6) is 0.401. The third-order valence-electron chi connectivity index (χ3n) is 5.21. The molecule has 1 fully saturated rings. The van der Waals surface area contributed by atoms with Gasteiger partial charge in [0.15, 0.2) is 5.11 Å². The molecule has 1 aliphatic rings. The molecule has 1 heterocycles. The van der Waals surface area contributed by atoms with Gasteiger partial charge in [-0.15, -0.1) is 0 Å². The number of nitrogens with zero attached hydrogens (tertiary/aromatic N) is 2. The van der Waals surface area contributed by atoms with Crippen molar-refractivity contribution < 1.29 is 14.3 Å². The van der Waals surface area contributed by atoms with Gasteiger partial charge in [0.2, 0.25) is 5.91 Å². The second kappa shape index (κ2) is 11.1. The Morgan fingerprint density at radius 3 is 2.38 bits per heavy atom. The Labute approximate surface area is 179 Å². The molecule has 0 spiro atoms. The van der Waals surface area contributed by atoms with Gasteiger partial charge in [-0.3, -0.25) is 4.79 Å². The first-order chi connectivity index (χ1) is 13.8. The maximum Gasteiger partial charge on any atom is 0.338 e. The monoisotopic (exact) mass is 419 g/mol. The molecule has 0 atom stereocenters. The van der Waals surface area contributed by atoms with Crippen molar-refractivity contribution in [1.29, 1.82) is 0 Å². The molecule has 0 saturated carbocycles. The molecule has 1 N–H and O–H groups in total. The van der Waals surface area contributed by atoms with Crippen molar-refractivity contribution in [3.8, 4) is 0 Å². The molecule has 1 aromatic carbocycles. The number of benzene rings is 1. The Kier molecular flexibility index (Phi) is 8.89. The highest BCUT2D eigenvalue weighted by atomic mass is 32.1. The molecule has 0 aromatic heterocycles. The number of anilines is 1. The molecule has 0 bridgehead atoms. The quantitative estimate of drug-likeness (QED) is 0.534. The number of rotatable bonds is 7. The third-order valence-corrected chi connectivity index (χ3v) is 5.54. The topological polar surface area (TPSA) is 61.9 Å². The number of hydrogen-bond acceptors (Lipinski definition) is 4. The summed E-state index contributed by atoms with van der Waals surface area (Å²) < 4.78 is 5.02. The Balaban J connectivity index is 2.03. The van der Waals surface area contributed by atoms with Crippen LogP contribution in [0.4, 0.5) is 5.69 Å². The molecule has 2 rings (SSSR count). The van der Waals surface area contributed by atoms with Crippen molar-refractivity contribution in [2.75, 3.05) is 31.6 Å². The first-order valence-corrected chi connectivity index (χ1v) is 10.8. The van der Waals surface area contributed by atoms with Crippen LogP contribution in [0, 0.1) is 5.92 Å². The van der Waals surface area contributed by atoms with Crippen molar-refractivity contribution >= 4 is 34.9 Å². The van der Waals surface area contributed by atoms with E-state index in [4.69, 9.17) is 17.0 Å². The number of thiocarbonyl (C=S) groups is 1. The van der Waals surface area contributed by atoms with Gasteiger partial charge < -0.3 is 19.9 Å². The summed E-state index contributed by atoms with van der Waals surface area (Å²) in [6.45, 7) is 10.6. The zero-order chi connectivity index (χ0) is 21.4. The Hall–Kier alpha value is -2.15. The molecular weight excluding hydrogens is 386 g/mol. The zero-order valence-electron chi connectivity index (χ0n) is 17.9. The summed E-state index contributed by atoms with van der Waals surface area (Å²) >= 11 is 5.74. The van der Waals surface area contributed by atoms with E-state index in [2.05, 4.69) is 24.1 Å². The van der Waals surface area contributed by atoms with Gasteiger partial charge >= 0.3 is 5.97 Å². The number of carbonyl (C=O) groups excluding carboxylic acids is 2. The van der Waals surface area contributed by atoms with E-state index in [0.717, 1.165) is 44.6 Å². The summed E-state index contributed by atoms with van der Waals surface area (Å²) in [5.41, 5.74) is 1.37. The molecule has 0 aliphatic carbocycles. The highest BCUT2D eigenvalue weighted by Gasteiger charge is 2.27. The Morgan fingerprint density at radius 1 is 1.24 bits per heavy atom. The largest absolute Gasteiger partial charge is 0.462 e. The van der Waals surface area contributed by atoms with Crippen LogP contribution in [0.2, 0.25) is 0 Å². The van der Waals surface area contributed by atoms with Gasteiger partial charge in [-0.05, 0) is 68.6 Å². The number of piperidine rings is 1. The average molecular weight is 420 g/mol. The van der Waals surface area contributed by atoms with E-state index < -0.39 is 0 Å². The fourth-order valence-electron chi connectivity index (χ4n) is 3.44. The first-order valence-electron chi connectivity index (χ1n) is 10.4. The van der Waals surface area contributed by atoms with Gasteiger partial charge in [0.05, 0.1) is 12.2 Å². The Bertz CT molecular complexity index is 698. The van der Waals surface area contributed by atoms with Gasteiger partial charge in [0.25, 0.3) is 0 Å². The van der Waals surface area contributed by atoms with Crippen LogP contribution in [0.1, 0.15) is 57.3 Å². The Morgan fingerprint density at radius 2 is 1.86 bits per heavy atom. The number of likely N-dealkylation sites (tertiary alicyclic amines) is 1. The number of hydrogen-bond donors (Lipinski definition) is 1. The molecule has 160 valence electrons. The van der Waals surface area contributed by atoms with E-state index in [0.29, 0.717) is 29.2 Å². The molecule has 0 radical (unpaired) electrons. The number of nitrogens with one attached hydrogen (secondary N) is 1. The van der Waals surface area contributed by atoms with E-state index >= 15 is 0 Å². The minimum absolute atomic E-state index is 0.138. The normalized spacial score (nSPS) is 14.6. The number of carbonyl (C=O) groups is 2. The number of amides is 1. The number of ether oxygens (including phenoxy) is 1. The molecule has 1 saturated heterocycles. The van der Waals surface area contributed by atoms with Crippen LogP contribution in [0.25, 0.3) is 0 Å². The molecule has 1 aromatic rings. The van der Waals surface area contributed by atoms with Crippen LogP contribution in [0.5, 0.6) is 0 Å². The van der Waals surface area contributed by atoms with Gasteiger partial charge in [0, 0.05) is 38.3 Å². The first kappa shape index (κ1) is 23.1. The van der Waals surface area contributed by atoms with Gasteiger partial charge in [0.1, 0.15) is 0 Å². The summed E-state index contributed by atoms with van der Waals surface area (Å²) in [4.78, 5) is 27.6. The molecular formula is C22H33N3O3S. The van der Waals surface area contributed by atoms with Crippen molar-refractivity contribution in [2.24, 2.45) is 5.92 Å². The highest BCUT2D eigenvalue weighted by molar-refractivity contribution is 7.80. The predicted molar refractivity (Wildman–Crippen MR) is 120 cm³/mol. The van der Waals surface area contributed by atoms with E-state index in [9.17, 15) is 9.59 Å². The SMILES string of the molecule is CCOC(=O)c1ccc(NC(=S)N(CCC(C)C)C2CCN(C(C)=O)CC2)cc1. The van der Waals surface area contributed by atoms with E-state index in [1.54, 1.807) is 26.0 Å². The molecule has 1 amide bonds. The van der Waals surface area contributed by atoms with Crippen molar-refractivity contribution in [1.82, 2.24) is 9.80 Å². The minimum Gasteiger partial charge on any atom is -0.462 e. The van der Waals surface area contributed by atoms with Crippen LogP contribution in [-0.2, 0) is 9.53 Å². The highest BCUT2D eigenvalue weighted by Crippen LogP contribution is 2.20. The molecule has 0 unspecified atom stereocenters. The second-order valence-corrected chi connectivity index (χ2v) is 8.23. The van der Waals surface area contributed by atoms with Crippen LogP contribution < -0.4 is 5.32 Å². The van der Waals surface area contributed by atoms with E-state index in [1.165, 1.54) is 0 Å². The van der Waals surface area contributed by atoms with Crippen molar-refractivity contribution in [3.05, 3.63) is 29.8 Å². The fraction of sp³-hybridized carbons (Fsp3) is 0.591. The predicted octanol–water partition coefficient (Wildman–Crippen LogP) is 3.92. The summed E-state index contributed by atoms with van der Waals surface area (Å²) in [6, 6.07) is 7.50. The fourth-order valence-corrected chi connectivity index (χ4v) is 3.80. The standard InChI is InChI=1S/C22H33N3O3S/c1-5-28-21(27)18-6-8-19(9-7-18)23-22(29)25(15-10-16(2)3)20-11-13-24(14-12-20)17(4)26/h6-9,16,20H,5,10-15H2,1-4H3,(H,23,29). The van der Waals surface area contributed by atoms with Gasteiger partial charge in [-0.2, -0.15) is 0 Å². The lowest BCUT2D eigenvalue weighted by molar-refractivity contribution is -0.130. The number of esters is 1. The summed E-state index contributed by atoms with van der Waals surface area (Å²) in [7, 11) is 0. The average Bonchev–Trinajstić information content (AvgIpc) is 2.69.